The van der Waals surface area contributed by atoms with E-state index in [0.29, 0.717) is 11.0 Å². The predicted octanol–water partition coefficient (Wildman–Crippen LogP) is 4.38. The van der Waals surface area contributed by atoms with Crippen LogP contribution in [-0.2, 0) is 4.79 Å². The number of hydrogen-bond donors (Lipinski definition) is 1. The fourth-order valence-corrected chi connectivity index (χ4v) is 4.57. The second-order valence-electron chi connectivity index (χ2n) is 6.86. The summed E-state index contributed by atoms with van der Waals surface area (Å²) in [7, 11) is 0. The Labute approximate surface area is 172 Å². The van der Waals surface area contributed by atoms with Gasteiger partial charge in [-0.3, -0.25) is 14.7 Å². The minimum atomic E-state index is -0.108. The lowest BCUT2D eigenvalue weighted by atomic mass is 10.2. The number of benzene rings is 1. The van der Waals surface area contributed by atoms with Crippen molar-refractivity contribution >= 4 is 34.1 Å². The van der Waals surface area contributed by atoms with E-state index in [9.17, 15) is 4.79 Å². The van der Waals surface area contributed by atoms with Gasteiger partial charge in [0.25, 0.3) is 0 Å². The van der Waals surface area contributed by atoms with Gasteiger partial charge in [0.15, 0.2) is 11.0 Å². The number of aromatic nitrogens is 5. The van der Waals surface area contributed by atoms with Crippen LogP contribution in [0, 0.1) is 0 Å². The first kappa shape index (κ1) is 19.1. The van der Waals surface area contributed by atoms with Gasteiger partial charge in [0.05, 0.1) is 5.75 Å². The molecule has 2 aromatic heterocycles. The van der Waals surface area contributed by atoms with Gasteiger partial charge in [-0.1, -0.05) is 60.4 Å². The molecule has 28 heavy (non-hydrogen) atoms. The third kappa shape index (κ3) is 4.25. The summed E-state index contributed by atoms with van der Waals surface area (Å²) in [5.41, 5.74) is 1.02. The van der Waals surface area contributed by atoms with Crippen LogP contribution in [0.1, 0.15) is 50.1 Å². The molecule has 1 N–H and O–H groups in total. The lowest BCUT2D eigenvalue weighted by Crippen LogP contribution is -2.15. The van der Waals surface area contributed by atoms with Gasteiger partial charge in [-0.15, -0.1) is 20.4 Å². The summed E-state index contributed by atoms with van der Waals surface area (Å²) in [6.45, 7) is 4.27. The molecule has 4 rings (SSSR count). The van der Waals surface area contributed by atoms with Crippen LogP contribution < -0.4 is 5.32 Å². The lowest BCUT2D eigenvalue weighted by molar-refractivity contribution is -0.113. The number of rotatable bonds is 8. The van der Waals surface area contributed by atoms with Gasteiger partial charge < -0.3 is 0 Å². The van der Waals surface area contributed by atoms with Crippen LogP contribution in [0.2, 0.25) is 0 Å². The van der Waals surface area contributed by atoms with Gasteiger partial charge in [0.1, 0.15) is 5.01 Å². The Hall–Kier alpha value is -2.26. The summed E-state index contributed by atoms with van der Waals surface area (Å²) in [5, 5.41) is 22.1. The number of nitrogens with one attached hydrogen (secondary N) is 1. The van der Waals surface area contributed by atoms with Crippen molar-refractivity contribution in [3.63, 3.8) is 0 Å². The summed E-state index contributed by atoms with van der Waals surface area (Å²) in [6, 6.07) is 10.2. The first-order valence-corrected chi connectivity index (χ1v) is 11.2. The zero-order valence-electron chi connectivity index (χ0n) is 15.8. The summed E-state index contributed by atoms with van der Waals surface area (Å²) < 4.78 is 2.11. The molecule has 1 unspecified atom stereocenters. The van der Waals surface area contributed by atoms with E-state index in [2.05, 4.69) is 44.1 Å². The van der Waals surface area contributed by atoms with Crippen LogP contribution in [0.25, 0.3) is 11.4 Å². The van der Waals surface area contributed by atoms with E-state index >= 15 is 0 Å². The zero-order chi connectivity index (χ0) is 19.5. The molecule has 0 bridgehead atoms. The lowest BCUT2D eigenvalue weighted by Gasteiger charge is -2.16. The summed E-state index contributed by atoms with van der Waals surface area (Å²) >= 11 is 2.86. The maximum Gasteiger partial charge on any atom is 0.236 e. The Bertz CT molecular complexity index is 951. The van der Waals surface area contributed by atoms with Crippen LogP contribution in [0.3, 0.4) is 0 Å². The number of carbonyl (C=O) groups excluding carboxylic acids is 1. The Kier molecular flexibility index (Phi) is 5.72. The molecule has 0 aliphatic heterocycles. The molecule has 9 heteroatoms. The fraction of sp³-hybridized carbons (Fsp3) is 0.421. The highest BCUT2D eigenvalue weighted by molar-refractivity contribution is 7.99. The molecule has 1 fully saturated rings. The fourth-order valence-electron chi connectivity index (χ4n) is 2.81. The molecular weight excluding hydrogens is 392 g/mol. The van der Waals surface area contributed by atoms with Crippen molar-refractivity contribution in [3.8, 4) is 11.4 Å². The summed E-state index contributed by atoms with van der Waals surface area (Å²) in [6.07, 6.45) is 3.30. The summed E-state index contributed by atoms with van der Waals surface area (Å²) in [5.74, 6) is 1.52. The van der Waals surface area contributed by atoms with E-state index in [1.807, 2.05) is 30.3 Å². The molecule has 2 heterocycles. The second kappa shape index (κ2) is 8.40. The van der Waals surface area contributed by atoms with E-state index in [0.717, 1.165) is 28.0 Å². The summed E-state index contributed by atoms with van der Waals surface area (Å²) in [4.78, 5) is 12.4. The highest BCUT2D eigenvalue weighted by Crippen LogP contribution is 2.42. The van der Waals surface area contributed by atoms with Gasteiger partial charge in [-0.25, -0.2) is 0 Å². The number of thioether (sulfide) groups is 1. The molecule has 1 aliphatic carbocycles. The topological polar surface area (TPSA) is 85.6 Å². The largest absolute Gasteiger partial charge is 0.300 e. The molecule has 0 radical (unpaired) electrons. The maximum absolute atomic E-state index is 12.4. The SMILES string of the molecule is CCC(C)n1c(SCC(=O)Nc2nnc(C3CC3)s2)nnc1-c1ccccc1. The predicted molar refractivity (Wildman–Crippen MR) is 112 cm³/mol. The van der Waals surface area contributed by atoms with Crippen molar-refractivity contribution in [2.75, 3.05) is 11.1 Å². The number of amides is 1. The van der Waals surface area contributed by atoms with Crippen LogP contribution in [-0.4, -0.2) is 36.6 Å². The highest BCUT2D eigenvalue weighted by atomic mass is 32.2. The number of hydrogen-bond acceptors (Lipinski definition) is 7. The average molecular weight is 415 g/mol. The maximum atomic E-state index is 12.4. The third-order valence-electron chi connectivity index (χ3n) is 4.67. The van der Waals surface area contributed by atoms with E-state index in [-0.39, 0.29) is 17.7 Å². The van der Waals surface area contributed by atoms with Gasteiger partial charge in [0, 0.05) is 17.5 Å². The minimum absolute atomic E-state index is 0.108. The number of carbonyl (C=O) groups is 1. The quantitative estimate of drug-likeness (QED) is 0.551. The zero-order valence-corrected chi connectivity index (χ0v) is 17.5. The molecular formula is C19H22N6OS2. The first-order chi connectivity index (χ1) is 13.7. The molecule has 1 atom stereocenters. The Morgan fingerprint density at radius 2 is 2.04 bits per heavy atom. The van der Waals surface area contributed by atoms with Gasteiger partial charge in [-0.05, 0) is 26.2 Å². The minimum Gasteiger partial charge on any atom is -0.300 e. The third-order valence-corrected chi connectivity index (χ3v) is 6.62. The average Bonchev–Trinajstić information content (AvgIpc) is 3.32. The van der Waals surface area contributed by atoms with Gasteiger partial charge >= 0.3 is 0 Å². The van der Waals surface area contributed by atoms with Crippen LogP contribution in [0.5, 0.6) is 0 Å². The molecule has 7 nitrogen and oxygen atoms in total. The Morgan fingerprint density at radius 1 is 1.25 bits per heavy atom. The van der Waals surface area contributed by atoms with Crippen molar-refractivity contribution in [2.24, 2.45) is 0 Å². The monoisotopic (exact) mass is 414 g/mol. The van der Waals surface area contributed by atoms with Crippen LogP contribution in [0.4, 0.5) is 5.13 Å². The van der Waals surface area contributed by atoms with Crippen LogP contribution >= 0.6 is 23.1 Å². The van der Waals surface area contributed by atoms with E-state index in [1.54, 1.807) is 0 Å². The number of anilines is 1. The van der Waals surface area contributed by atoms with Crippen molar-refractivity contribution < 1.29 is 4.79 Å². The first-order valence-electron chi connectivity index (χ1n) is 9.42. The molecule has 1 amide bonds. The Balaban J connectivity index is 1.44. The van der Waals surface area contributed by atoms with Crippen molar-refractivity contribution in [1.29, 1.82) is 0 Å². The van der Waals surface area contributed by atoms with Gasteiger partial charge in [0.2, 0.25) is 11.0 Å². The normalized spacial score (nSPS) is 14.8. The molecule has 146 valence electrons. The van der Waals surface area contributed by atoms with E-state index < -0.39 is 0 Å². The standard InChI is InChI=1S/C19H22N6OS2/c1-3-12(2)25-16(13-7-5-4-6-8-13)21-24-19(25)27-11-15(26)20-18-23-22-17(28-18)14-9-10-14/h4-8,12,14H,3,9-11H2,1-2H3,(H,20,23,26). The van der Waals surface area contributed by atoms with E-state index in [4.69, 9.17) is 0 Å². The molecule has 1 aliphatic rings. The molecule has 1 saturated carbocycles. The molecule has 1 aromatic carbocycles. The smallest absolute Gasteiger partial charge is 0.236 e. The van der Waals surface area contributed by atoms with Crippen molar-refractivity contribution in [1.82, 2.24) is 25.0 Å². The highest BCUT2D eigenvalue weighted by Gasteiger charge is 2.27. The Morgan fingerprint density at radius 3 is 2.75 bits per heavy atom. The van der Waals surface area contributed by atoms with Crippen molar-refractivity contribution in [2.45, 2.75) is 50.2 Å². The van der Waals surface area contributed by atoms with E-state index in [1.165, 1.54) is 35.9 Å². The number of nitrogens with zero attached hydrogens (tertiary/aromatic N) is 5. The van der Waals surface area contributed by atoms with Crippen LogP contribution in [0.15, 0.2) is 35.5 Å². The van der Waals surface area contributed by atoms with Gasteiger partial charge in [-0.2, -0.15) is 0 Å². The second-order valence-corrected chi connectivity index (χ2v) is 8.81. The molecule has 0 spiro atoms. The molecule has 0 saturated heterocycles. The van der Waals surface area contributed by atoms with Crippen molar-refractivity contribution in [3.05, 3.63) is 35.3 Å². The molecule has 3 aromatic rings.